The smallest absolute Gasteiger partial charge is 0.260 e. The Morgan fingerprint density at radius 3 is 2.63 bits per heavy atom. The van der Waals surface area contributed by atoms with E-state index in [0.717, 1.165) is 30.0 Å². The summed E-state index contributed by atoms with van der Waals surface area (Å²) in [5, 5.41) is 6.80. The van der Waals surface area contributed by atoms with Crippen LogP contribution in [0.4, 0.5) is 11.5 Å². The van der Waals surface area contributed by atoms with Gasteiger partial charge in [-0.3, -0.25) is 4.79 Å². The number of carbonyl (C=O) groups is 1. The molecule has 2 aromatic heterocycles. The van der Waals surface area contributed by atoms with Crippen molar-refractivity contribution < 1.29 is 14.1 Å². The van der Waals surface area contributed by atoms with Crippen molar-refractivity contribution in [3.05, 3.63) is 65.2 Å². The third-order valence-corrected chi connectivity index (χ3v) is 5.40. The molecule has 0 atom stereocenters. The summed E-state index contributed by atoms with van der Waals surface area (Å²) < 4.78 is 11.1. The minimum Gasteiger partial charge on any atom is -0.488 e. The number of piperidine rings is 1. The van der Waals surface area contributed by atoms with Crippen LogP contribution in [0.2, 0.25) is 0 Å². The van der Waals surface area contributed by atoms with E-state index >= 15 is 0 Å². The number of benzene rings is 1. The van der Waals surface area contributed by atoms with Gasteiger partial charge in [0.15, 0.2) is 0 Å². The molecule has 3 heterocycles. The van der Waals surface area contributed by atoms with E-state index < -0.39 is 0 Å². The Labute approximate surface area is 176 Å². The maximum absolute atomic E-state index is 12.8. The minimum atomic E-state index is -0.261. The van der Waals surface area contributed by atoms with Gasteiger partial charge in [0.1, 0.15) is 23.9 Å². The van der Waals surface area contributed by atoms with Crippen molar-refractivity contribution in [2.45, 2.75) is 39.7 Å². The number of pyridine rings is 1. The van der Waals surface area contributed by atoms with Crippen LogP contribution in [0, 0.1) is 13.8 Å². The maximum atomic E-state index is 12.8. The van der Waals surface area contributed by atoms with Gasteiger partial charge in [0, 0.05) is 13.1 Å². The number of nitrogens with zero attached hydrogens (tertiary/aromatic N) is 3. The third-order valence-electron chi connectivity index (χ3n) is 5.40. The molecule has 7 nitrogen and oxygen atoms in total. The Morgan fingerprint density at radius 1 is 1.13 bits per heavy atom. The molecule has 0 unspecified atom stereocenters. The van der Waals surface area contributed by atoms with Crippen LogP contribution in [-0.2, 0) is 6.61 Å². The lowest BCUT2D eigenvalue weighted by molar-refractivity contribution is 0.102. The zero-order chi connectivity index (χ0) is 20.9. The molecule has 1 aliphatic heterocycles. The molecule has 1 saturated heterocycles. The number of amides is 1. The number of para-hydroxylation sites is 1. The van der Waals surface area contributed by atoms with Crippen LogP contribution in [-0.4, -0.2) is 29.1 Å². The van der Waals surface area contributed by atoms with E-state index in [2.05, 4.69) is 20.4 Å². The van der Waals surface area contributed by atoms with Crippen LogP contribution in [0.5, 0.6) is 5.75 Å². The lowest BCUT2D eigenvalue weighted by Gasteiger charge is -2.28. The molecule has 0 aliphatic carbocycles. The van der Waals surface area contributed by atoms with Gasteiger partial charge >= 0.3 is 0 Å². The van der Waals surface area contributed by atoms with E-state index in [1.165, 1.54) is 19.3 Å². The fraction of sp³-hybridized carbons (Fsp3) is 0.348. The SMILES string of the molecule is Cc1noc(C)c1COc1ccccc1C(=O)Nc1ccc(N2CCCCC2)cn1. The summed E-state index contributed by atoms with van der Waals surface area (Å²) in [5.41, 5.74) is 3.22. The number of rotatable bonds is 6. The van der Waals surface area contributed by atoms with Gasteiger partial charge in [-0.05, 0) is 57.4 Å². The summed E-state index contributed by atoms with van der Waals surface area (Å²) in [6.45, 7) is 6.12. The van der Waals surface area contributed by atoms with Gasteiger partial charge in [-0.25, -0.2) is 4.98 Å². The highest BCUT2D eigenvalue weighted by Crippen LogP contribution is 2.24. The van der Waals surface area contributed by atoms with E-state index in [0.29, 0.717) is 22.9 Å². The first-order chi connectivity index (χ1) is 14.6. The van der Waals surface area contributed by atoms with E-state index in [1.54, 1.807) is 12.1 Å². The summed E-state index contributed by atoms with van der Waals surface area (Å²) in [7, 11) is 0. The number of anilines is 2. The molecule has 0 bridgehead atoms. The number of carbonyl (C=O) groups excluding carboxylic acids is 1. The lowest BCUT2D eigenvalue weighted by atomic mass is 10.1. The molecule has 4 rings (SSSR count). The largest absolute Gasteiger partial charge is 0.488 e. The fourth-order valence-electron chi connectivity index (χ4n) is 3.62. The van der Waals surface area contributed by atoms with Crippen molar-refractivity contribution in [2.24, 2.45) is 0 Å². The maximum Gasteiger partial charge on any atom is 0.260 e. The highest BCUT2D eigenvalue weighted by Gasteiger charge is 2.16. The molecular weight excluding hydrogens is 380 g/mol. The topological polar surface area (TPSA) is 80.5 Å². The average Bonchev–Trinajstić information content (AvgIpc) is 3.11. The van der Waals surface area contributed by atoms with Crippen molar-refractivity contribution >= 4 is 17.4 Å². The summed E-state index contributed by atoms with van der Waals surface area (Å²) in [4.78, 5) is 19.6. The zero-order valence-corrected chi connectivity index (χ0v) is 17.4. The fourth-order valence-corrected chi connectivity index (χ4v) is 3.62. The molecule has 1 amide bonds. The van der Waals surface area contributed by atoms with Crippen molar-refractivity contribution in [3.63, 3.8) is 0 Å². The van der Waals surface area contributed by atoms with Gasteiger partial charge < -0.3 is 19.5 Å². The molecule has 3 aromatic rings. The van der Waals surface area contributed by atoms with Crippen LogP contribution in [0.3, 0.4) is 0 Å². The average molecular weight is 406 g/mol. The molecule has 1 N–H and O–H groups in total. The molecule has 0 spiro atoms. The number of ether oxygens (including phenoxy) is 1. The van der Waals surface area contributed by atoms with Crippen LogP contribution in [0.15, 0.2) is 47.1 Å². The number of hydrogen-bond acceptors (Lipinski definition) is 6. The van der Waals surface area contributed by atoms with Gasteiger partial charge in [-0.15, -0.1) is 0 Å². The number of hydrogen-bond donors (Lipinski definition) is 1. The summed E-state index contributed by atoms with van der Waals surface area (Å²) in [5.74, 6) is 1.47. The van der Waals surface area contributed by atoms with Gasteiger partial charge in [-0.1, -0.05) is 17.3 Å². The predicted octanol–water partition coefficient (Wildman–Crippen LogP) is 4.51. The summed E-state index contributed by atoms with van der Waals surface area (Å²) in [6.07, 6.45) is 5.53. The monoisotopic (exact) mass is 406 g/mol. The second-order valence-corrected chi connectivity index (χ2v) is 7.49. The number of aromatic nitrogens is 2. The van der Waals surface area contributed by atoms with E-state index in [1.807, 2.05) is 44.3 Å². The van der Waals surface area contributed by atoms with Gasteiger partial charge in [-0.2, -0.15) is 0 Å². The van der Waals surface area contributed by atoms with E-state index in [4.69, 9.17) is 9.26 Å². The van der Waals surface area contributed by atoms with Crippen molar-refractivity contribution in [2.75, 3.05) is 23.3 Å². The van der Waals surface area contributed by atoms with E-state index in [9.17, 15) is 4.79 Å². The molecule has 156 valence electrons. The molecular formula is C23H26N4O3. The minimum absolute atomic E-state index is 0.261. The first-order valence-electron chi connectivity index (χ1n) is 10.3. The Hall–Kier alpha value is -3.35. The van der Waals surface area contributed by atoms with Gasteiger partial charge in [0.25, 0.3) is 5.91 Å². The molecule has 1 aromatic carbocycles. The van der Waals surface area contributed by atoms with Gasteiger partial charge in [0.2, 0.25) is 0 Å². The van der Waals surface area contributed by atoms with Gasteiger partial charge in [0.05, 0.1) is 28.7 Å². The second kappa shape index (κ2) is 8.98. The number of nitrogens with one attached hydrogen (secondary N) is 1. The molecule has 7 heteroatoms. The highest BCUT2D eigenvalue weighted by molar-refractivity contribution is 6.05. The van der Waals surface area contributed by atoms with Crippen molar-refractivity contribution in [1.29, 1.82) is 0 Å². The molecule has 1 fully saturated rings. The molecule has 0 saturated carbocycles. The quantitative estimate of drug-likeness (QED) is 0.649. The second-order valence-electron chi connectivity index (χ2n) is 7.49. The highest BCUT2D eigenvalue weighted by atomic mass is 16.5. The Balaban J connectivity index is 1.43. The van der Waals surface area contributed by atoms with E-state index in [-0.39, 0.29) is 12.5 Å². The first-order valence-corrected chi connectivity index (χ1v) is 10.3. The van der Waals surface area contributed by atoms with Crippen LogP contribution >= 0.6 is 0 Å². The zero-order valence-electron chi connectivity index (χ0n) is 17.4. The molecule has 0 radical (unpaired) electrons. The Kier molecular flexibility index (Phi) is 5.97. The standard InChI is InChI=1S/C23H26N4O3/c1-16-20(17(2)30-26-16)15-29-21-9-5-4-8-19(21)23(28)25-22-11-10-18(14-24-22)27-12-6-3-7-13-27/h4-5,8-11,14H,3,6-7,12-13,15H2,1-2H3,(H,24,25,28). The van der Waals surface area contributed by atoms with Crippen LogP contribution in [0.1, 0.15) is 46.6 Å². The van der Waals surface area contributed by atoms with Crippen LogP contribution in [0.25, 0.3) is 0 Å². The third kappa shape index (κ3) is 4.45. The van der Waals surface area contributed by atoms with Crippen LogP contribution < -0.4 is 15.0 Å². The summed E-state index contributed by atoms with van der Waals surface area (Å²) >= 11 is 0. The molecule has 30 heavy (non-hydrogen) atoms. The molecule has 1 aliphatic rings. The lowest BCUT2D eigenvalue weighted by Crippen LogP contribution is -2.29. The Morgan fingerprint density at radius 2 is 1.93 bits per heavy atom. The Bertz CT molecular complexity index is 988. The summed E-state index contributed by atoms with van der Waals surface area (Å²) in [6, 6.07) is 11.0. The number of aryl methyl sites for hydroxylation is 2. The van der Waals surface area contributed by atoms with Crippen molar-refractivity contribution in [3.8, 4) is 5.75 Å². The first kappa shape index (κ1) is 19.9. The predicted molar refractivity (Wildman–Crippen MR) is 115 cm³/mol. The van der Waals surface area contributed by atoms with Crippen molar-refractivity contribution in [1.82, 2.24) is 10.1 Å². The normalized spacial score (nSPS) is 13.9.